The van der Waals surface area contributed by atoms with Crippen LogP contribution in [0.3, 0.4) is 0 Å². The molecule has 4 N–H and O–H groups in total. The Balaban J connectivity index is 0.00000288. The first-order chi connectivity index (χ1) is 10.9. The third-order valence-corrected chi connectivity index (χ3v) is 3.82. The summed E-state index contributed by atoms with van der Waals surface area (Å²) in [5, 5.41) is 4.53. The maximum atomic E-state index is 13.4. The van der Waals surface area contributed by atoms with Crippen molar-refractivity contribution in [3.05, 3.63) is 29.6 Å². The van der Waals surface area contributed by atoms with Crippen LogP contribution in [0.25, 0.3) is 0 Å². The van der Waals surface area contributed by atoms with Gasteiger partial charge in [-0.25, -0.2) is 13.2 Å². The standard InChI is InChI=1S/C15H18F3N3O2.ClH/c16-10-4-5-11(14(18)13(10)17)21-12(22)7-20-15(23)8-2-1-3-9(19)6-8;/h4-5,8-9H,1-3,6-7,19H2,(H,20,23)(H,21,22);1H. The van der Waals surface area contributed by atoms with E-state index in [2.05, 4.69) is 10.6 Å². The quantitative estimate of drug-likeness (QED) is 0.714. The summed E-state index contributed by atoms with van der Waals surface area (Å²) in [5.41, 5.74) is 5.31. The first-order valence-electron chi connectivity index (χ1n) is 7.35. The van der Waals surface area contributed by atoms with Crippen LogP contribution < -0.4 is 16.4 Å². The van der Waals surface area contributed by atoms with E-state index in [1.54, 1.807) is 0 Å². The van der Waals surface area contributed by atoms with E-state index in [-0.39, 0.29) is 36.8 Å². The number of anilines is 1. The fourth-order valence-electron chi connectivity index (χ4n) is 2.59. The second kappa shape index (κ2) is 8.89. The summed E-state index contributed by atoms with van der Waals surface area (Å²) in [6, 6.07) is 1.59. The molecule has 0 saturated heterocycles. The molecule has 1 aromatic rings. The molecule has 1 aliphatic rings. The number of hydrogen-bond acceptors (Lipinski definition) is 3. The maximum absolute atomic E-state index is 13.4. The Bertz CT molecular complexity index is 616. The third-order valence-electron chi connectivity index (χ3n) is 3.82. The van der Waals surface area contributed by atoms with Gasteiger partial charge in [-0.05, 0) is 31.4 Å². The van der Waals surface area contributed by atoms with Crippen molar-refractivity contribution >= 4 is 29.9 Å². The Morgan fingerprint density at radius 3 is 2.54 bits per heavy atom. The van der Waals surface area contributed by atoms with Crippen LogP contribution in [-0.2, 0) is 9.59 Å². The van der Waals surface area contributed by atoms with Gasteiger partial charge in [-0.3, -0.25) is 9.59 Å². The monoisotopic (exact) mass is 365 g/mol. The number of nitrogens with one attached hydrogen (secondary N) is 2. The highest BCUT2D eigenvalue weighted by atomic mass is 35.5. The smallest absolute Gasteiger partial charge is 0.243 e. The number of hydrogen-bond donors (Lipinski definition) is 3. The Labute approximate surface area is 143 Å². The molecule has 0 bridgehead atoms. The molecule has 2 unspecified atom stereocenters. The first-order valence-corrected chi connectivity index (χ1v) is 7.35. The average Bonchev–Trinajstić information content (AvgIpc) is 2.53. The van der Waals surface area contributed by atoms with Gasteiger partial charge in [0.25, 0.3) is 0 Å². The molecule has 134 valence electrons. The number of nitrogens with two attached hydrogens (primary N) is 1. The van der Waals surface area contributed by atoms with Crippen molar-refractivity contribution in [2.24, 2.45) is 11.7 Å². The number of carbonyl (C=O) groups excluding carboxylic acids is 2. The molecule has 0 aliphatic heterocycles. The normalized spacial score (nSPS) is 20.0. The molecule has 24 heavy (non-hydrogen) atoms. The van der Waals surface area contributed by atoms with Gasteiger partial charge < -0.3 is 16.4 Å². The van der Waals surface area contributed by atoms with Crippen LogP contribution in [0.1, 0.15) is 25.7 Å². The summed E-state index contributed by atoms with van der Waals surface area (Å²) in [6.45, 7) is -0.386. The fourth-order valence-corrected chi connectivity index (χ4v) is 2.59. The van der Waals surface area contributed by atoms with Gasteiger partial charge >= 0.3 is 0 Å². The van der Waals surface area contributed by atoms with Crippen LogP contribution in [0.15, 0.2) is 12.1 Å². The van der Waals surface area contributed by atoms with Crippen LogP contribution in [0.4, 0.5) is 18.9 Å². The van der Waals surface area contributed by atoms with E-state index in [1.807, 2.05) is 0 Å². The molecule has 0 spiro atoms. The summed E-state index contributed by atoms with van der Waals surface area (Å²) >= 11 is 0. The summed E-state index contributed by atoms with van der Waals surface area (Å²) < 4.78 is 39.3. The van der Waals surface area contributed by atoms with Gasteiger partial charge in [0.15, 0.2) is 17.5 Å². The lowest BCUT2D eigenvalue weighted by atomic mass is 9.85. The van der Waals surface area contributed by atoms with Crippen molar-refractivity contribution in [1.29, 1.82) is 0 Å². The second-order valence-corrected chi connectivity index (χ2v) is 5.61. The van der Waals surface area contributed by atoms with Crippen molar-refractivity contribution < 1.29 is 22.8 Å². The lowest BCUT2D eigenvalue weighted by molar-refractivity contribution is -0.128. The fraction of sp³-hybridized carbons (Fsp3) is 0.467. The van der Waals surface area contributed by atoms with E-state index in [4.69, 9.17) is 5.73 Å². The molecular formula is C15H19ClF3N3O2. The zero-order chi connectivity index (χ0) is 17.0. The van der Waals surface area contributed by atoms with Crippen LogP contribution in [0, 0.1) is 23.4 Å². The largest absolute Gasteiger partial charge is 0.347 e. The molecule has 5 nitrogen and oxygen atoms in total. The predicted molar refractivity (Wildman–Crippen MR) is 85.1 cm³/mol. The molecule has 9 heteroatoms. The predicted octanol–water partition coefficient (Wildman–Crippen LogP) is 2.10. The molecule has 0 radical (unpaired) electrons. The highest BCUT2D eigenvalue weighted by Crippen LogP contribution is 2.23. The van der Waals surface area contributed by atoms with Crippen LogP contribution in [0.5, 0.6) is 0 Å². The van der Waals surface area contributed by atoms with Gasteiger partial charge in [-0.15, -0.1) is 12.4 Å². The topological polar surface area (TPSA) is 84.2 Å². The highest BCUT2D eigenvalue weighted by molar-refractivity contribution is 5.94. The second-order valence-electron chi connectivity index (χ2n) is 5.61. The van der Waals surface area contributed by atoms with Gasteiger partial charge in [-0.2, -0.15) is 0 Å². The Kier molecular flexibility index (Phi) is 7.50. The number of carbonyl (C=O) groups is 2. The lowest BCUT2D eigenvalue weighted by Crippen LogP contribution is -2.40. The van der Waals surface area contributed by atoms with Crippen LogP contribution in [-0.4, -0.2) is 24.4 Å². The summed E-state index contributed by atoms with van der Waals surface area (Å²) in [6.07, 6.45) is 3.00. The van der Waals surface area contributed by atoms with Gasteiger partial charge in [0.1, 0.15) is 0 Å². The van der Waals surface area contributed by atoms with Crippen molar-refractivity contribution in [2.45, 2.75) is 31.7 Å². The van der Waals surface area contributed by atoms with Gasteiger partial charge in [0.2, 0.25) is 11.8 Å². The Hall–Kier alpha value is -1.80. The van der Waals surface area contributed by atoms with Crippen LogP contribution in [0.2, 0.25) is 0 Å². The number of halogens is 4. The molecule has 1 fully saturated rings. The highest BCUT2D eigenvalue weighted by Gasteiger charge is 2.25. The minimum atomic E-state index is -1.66. The SMILES string of the molecule is Cl.NC1CCCC(C(=O)NCC(=O)Nc2ccc(F)c(F)c2F)C1. The Morgan fingerprint density at radius 2 is 1.88 bits per heavy atom. The molecule has 1 aromatic carbocycles. The lowest BCUT2D eigenvalue weighted by Gasteiger charge is -2.25. The van der Waals surface area contributed by atoms with Gasteiger partial charge in [-0.1, -0.05) is 6.42 Å². The summed E-state index contributed by atoms with van der Waals surface area (Å²) in [5.74, 6) is -5.76. The van der Waals surface area contributed by atoms with E-state index in [0.29, 0.717) is 18.9 Å². The van der Waals surface area contributed by atoms with Crippen molar-refractivity contribution in [3.63, 3.8) is 0 Å². The van der Waals surface area contributed by atoms with E-state index in [1.165, 1.54) is 0 Å². The van der Waals surface area contributed by atoms with Crippen molar-refractivity contribution in [2.75, 3.05) is 11.9 Å². The minimum Gasteiger partial charge on any atom is -0.347 e. The molecule has 1 aliphatic carbocycles. The molecule has 0 heterocycles. The van der Waals surface area contributed by atoms with E-state index in [0.717, 1.165) is 18.9 Å². The zero-order valence-electron chi connectivity index (χ0n) is 12.8. The summed E-state index contributed by atoms with van der Waals surface area (Å²) in [4.78, 5) is 23.6. The minimum absolute atomic E-state index is 0. The van der Waals surface area contributed by atoms with E-state index >= 15 is 0 Å². The van der Waals surface area contributed by atoms with Crippen molar-refractivity contribution in [1.82, 2.24) is 5.32 Å². The molecule has 2 amide bonds. The Morgan fingerprint density at radius 1 is 1.17 bits per heavy atom. The third kappa shape index (κ3) is 5.10. The van der Waals surface area contributed by atoms with E-state index in [9.17, 15) is 22.8 Å². The van der Waals surface area contributed by atoms with E-state index < -0.39 is 29.0 Å². The van der Waals surface area contributed by atoms with Crippen molar-refractivity contribution in [3.8, 4) is 0 Å². The first kappa shape index (κ1) is 20.2. The molecule has 0 aromatic heterocycles. The molecule has 1 saturated carbocycles. The number of amides is 2. The van der Waals surface area contributed by atoms with Gasteiger partial charge in [0, 0.05) is 12.0 Å². The molecular weight excluding hydrogens is 347 g/mol. The molecule has 2 atom stereocenters. The van der Waals surface area contributed by atoms with Gasteiger partial charge in [0.05, 0.1) is 12.2 Å². The number of rotatable bonds is 4. The maximum Gasteiger partial charge on any atom is 0.243 e. The zero-order valence-corrected chi connectivity index (χ0v) is 13.6. The molecule has 2 rings (SSSR count). The summed E-state index contributed by atoms with van der Waals surface area (Å²) in [7, 11) is 0. The number of benzene rings is 1. The van der Waals surface area contributed by atoms with Crippen LogP contribution >= 0.6 is 12.4 Å². The average molecular weight is 366 g/mol.